The number of nitrogens with one attached hydrogen (secondary N) is 2. The Morgan fingerprint density at radius 3 is 2.86 bits per heavy atom. The molecule has 0 aromatic carbocycles. The molecule has 2 amide bonds. The minimum Gasteiger partial charge on any atom is -0.383 e. The number of urea groups is 1. The van der Waals surface area contributed by atoms with Gasteiger partial charge in [-0.3, -0.25) is 10.1 Å². The van der Waals surface area contributed by atoms with Gasteiger partial charge in [0.25, 0.3) is 5.56 Å². The number of anilines is 1. The van der Waals surface area contributed by atoms with Gasteiger partial charge in [-0.25, -0.2) is 18.3 Å². The number of carbonyl (C=O) groups excluding carboxylic acids is 1. The summed E-state index contributed by atoms with van der Waals surface area (Å²) < 4.78 is 28.2. The SMILES string of the molecule is COCCN(C(=O)Nc1ccc(=O)[nH]n1)C1CCS(=O)(=O)C1. The largest absolute Gasteiger partial charge is 0.383 e. The summed E-state index contributed by atoms with van der Waals surface area (Å²) in [5.74, 6) is 0.210. The molecule has 1 aliphatic heterocycles. The van der Waals surface area contributed by atoms with Crippen LogP contribution in [-0.4, -0.2) is 67.4 Å². The molecule has 1 fully saturated rings. The maximum Gasteiger partial charge on any atom is 0.323 e. The van der Waals surface area contributed by atoms with Crippen molar-refractivity contribution in [2.45, 2.75) is 12.5 Å². The van der Waals surface area contributed by atoms with Crippen molar-refractivity contribution in [3.8, 4) is 0 Å². The first-order valence-electron chi connectivity index (χ1n) is 6.74. The fraction of sp³-hybridized carbons (Fsp3) is 0.583. The lowest BCUT2D eigenvalue weighted by Crippen LogP contribution is -2.45. The maximum absolute atomic E-state index is 12.3. The molecule has 1 atom stereocenters. The second-order valence-electron chi connectivity index (χ2n) is 4.98. The summed E-state index contributed by atoms with van der Waals surface area (Å²) in [5, 5.41) is 8.44. The molecule has 0 aliphatic carbocycles. The van der Waals surface area contributed by atoms with Crippen LogP contribution in [0.15, 0.2) is 16.9 Å². The first-order chi connectivity index (χ1) is 10.4. The summed E-state index contributed by atoms with van der Waals surface area (Å²) in [6.45, 7) is 0.564. The molecule has 1 unspecified atom stereocenters. The van der Waals surface area contributed by atoms with Gasteiger partial charge in [0.2, 0.25) is 0 Å². The van der Waals surface area contributed by atoms with Gasteiger partial charge in [-0.1, -0.05) is 0 Å². The van der Waals surface area contributed by atoms with Crippen LogP contribution in [0.2, 0.25) is 0 Å². The third kappa shape index (κ3) is 4.28. The van der Waals surface area contributed by atoms with Gasteiger partial charge < -0.3 is 9.64 Å². The van der Waals surface area contributed by atoms with Crippen molar-refractivity contribution < 1.29 is 17.9 Å². The molecule has 10 heteroatoms. The van der Waals surface area contributed by atoms with Crippen LogP contribution in [-0.2, 0) is 14.6 Å². The van der Waals surface area contributed by atoms with Crippen LogP contribution in [0, 0.1) is 0 Å². The van der Waals surface area contributed by atoms with E-state index in [0.717, 1.165) is 0 Å². The van der Waals surface area contributed by atoms with E-state index in [9.17, 15) is 18.0 Å². The number of sulfone groups is 1. The molecular weight excluding hydrogens is 312 g/mol. The second kappa shape index (κ2) is 6.88. The molecule has 0 saturated carbocycles. The molecule has 0 spiro atoms. The number of methoxy groups -OCH3 is 1. The zero-order valence-electron chi connectivity index (χ0n) is 12.1. The summed E-state index contributed by atoms with van der Waals surface area (Å²) in [7, 11) is -1.60. The highest BCUT2D eigenvalue weighted by Crippen LogP contribution is 2.18. The molecule has 2 rings (SSSR count). The zero-order valence-corrected chi connectivity index (χ0v) is 12.9. The Bertz CT molecular complexity index is 667. The standard InChI is InChI=1S/C12H18N4O5S/c1-21-6-5-16(9-4-7-22(19,20)8-9)12(18)13-10-2-3-11(17)15-14-10/h2-3,9H,4-8H2,1H3,(H,15,17)(H,13,14,18). The number of amides is 2. The maximum atomic E-state index is 12.3. The number of aromatic amines is 1. The van der Waals surface area contributed by atoms with E-state index in [1.165, 1.54) is 24.1 Å². The number of rotatable bonds is 5. The molecule has 0 bridgehead atoms. The first kappa shape index (κ1) is 16.4. The molecule has 122 valence electrons. The van der Waals surface area contributed by atoms with Gasteiger partial charge >= 0.3 is 6.03 Å². The van der Waals surface area contributed by atoms with Gasteiger partial charge in [-0.05, 0) is 12.5 Å². The van der Waals surface area contributed by atoms with Crippen LogP contribution in [0.4, 0.5) is 10.6 Å². The zero-order chi connectivity index (χ0) is 16.2. The number of nitrogens with zero attached hydrogens (tertiary/aromatic N) is 2. The highest BCUT2D eigenvalue weighted by Gasteiger charge is 2.34. The van der Waals surface area contributed by atoms with Crippen LogP contribution < -0.4 is 10.9 Å². The monoisotopic (exact) mass is 330 g/mol. The summed E-state index contributed by atoms with van der Waals surface area (Å²) in [6, 6.07) is 1.75. The second-order valence-corrected chi connectivity index (χ2v) is 7.21. The van der Waals surface area contributed by atoms with Crippen molar-refractivity contribution in [1.29, 1.82) is 0 Å². The smallest absolute Gasteiger partial charge is 0.323 e. The Labute approximate surface area is 127 Å². The van der Waals surface area contributed by atoms with Crippen molar-refractivity contribution in [1.82, 2.24) is 15.1 Å². The molecule has 0 radical (unpaired) electrons. The van der Waals surface area contributed by atoms with E-state index in [1.54, 1.807) is 0 Å². The Morgan fingerprint density at radius 1 is 1.55 bits per heavy atom. The van der Waals surface area contributed by atoms with Gasteiger partial charge in [0.1, 0.15) is 0 Å². The van der Waals surface area contributed by atoms with E-state index < -0.39 is 15.9 Å². The molecule has 9 nitrogen and oxygen atoms in total. The number of ether oxygens (including phenoxy) is 1. The summed E-state index contributed by atoms with van der Waals surface area (Å²) in [5.41, 5.74) is -0.379. The van der Waals surface area contributed by atoms with Crippen LogP contribution in [0.25, 0.3) is 0 Å². The Balaban J connectivity index is 2.09. The van der Waals surface area contributed by atoms with Crippen molar-refractivity contribution in [3.05, 3.63) is 22.5 Å². The Morgan fingerprint density at radius 2 is 2.32 bits per heavy atom. The topological polar surface area (TPSA) is 121 Å². The van der Waals surface area contributed by atoms with Crippen LogP contribution in [0.3, 0.4) is 0 Å². The fourth-order valence-electron chi connectivity index (χ4n) is 2.26. The normalized spacial score (nSPS) is 19.8. The lowest BCUT2D eigenvalue weighted by atomic mass is 10.2. The predicted molar refractivity (Wildman–Crippen MR) is 79.5 cm³/mol. The van der Waals surface area contributed by atoms with Gasteiger partial charge in [-0.15, -0.1) is 0 Å². The van der Waals surface area contributed by atoms with E-state index >= 15 is 0 Å². The quantitative estimate of drug-likeness (QED) is 0.746. The number of carbonyl (C=O) groups is 1. The van der Waals surface area contributed by atoms with Gasteiger partial charge in [0, 0.05) is 25.8 Å². The van der Waals surface area contributed by atoms with E-state index in [2.05, 4.69) is 15.5 Å². The highest BCUT2D eigenvalue weighted by molar-refractivity contribution is 7.91. The van der Waals surface area contributed by atoms with Gasteiger partial charge in [0.05, 0.1) is 18.1 Å². The predicted octanol–water partition coefficient (Wildman–Crippen LogP) is -0.563. The van der Waals surface area contributed by atoms with Gasteiger partial charge in [0.15, 0.2) is 15.7 Å². The van der Waals surface area contributed by atoms with Crippen LogP contribution in [0.5, 0.6) is 0 Å². The first-order valence-corrected chi connectivity index (χ1v) is 8.56. The molecule has 2 N–H and O–H groups in total. The molecule has 1 saturated heterocycles. The number of hydrogen-bond acceptors (Lipinski definition) is 6. The van der Waals surface area contributed by atoms with E-state index in [-0.39, 0.29) is 35.5 Å². The van der Waals surface area contributed by atoms with E-state index in [0.29, 0.717) is 13.0 Å². The summed E-state index contributed by atoms with van der Waals surface area (Å²) >= 11 is 0. The summed E-state index contributed by atoms with van der Waals surface area (Å²) in [4.78, 5) is 24.7. The van der Waals surface area contributed by atoms with E-state index in [1.807, 2.05) is 0 Å². The number of hydrogen-bond donors (Lipinski definition) is 2. The van der Waals surface area contributed by atoms with Crippen molar-refractivity contribution in [3.63, 3.8) is 0 Å². The Kier molecular flexibility index (Phi) is 5.14. The number of aromatic nitrogens is 2. The van der Waals surface area contributed by atoms with Crippen molar-refractivity contribution >= 4 is 21.7 Å². The van der Waals surface area contributed by atoms with Gasteiger partial charge in [-0.2, -0.15) is 5.10 Å². The Hall–Kier alpha value is -1.94. The van der Waals surface area contributed by atoms with Crippen LogP contribution >= 0.6 is 0 Å². The average Bonchev–Trinajstić information content (AvgIpc) is 2.82. The number of H-pyrrole nitrogens is 1. The molecule has 22 heavy (non-hydrogen) atoms. The van der Waals surface area contributed by atoms with Crippen molar-refractivity contribution in [2.75, 3.05) is 37.1 Å². The van der Waals surface area contributed by atoms with Crippen molar-refractivity contribution in [2.24, 2.45) is 0 Å². The molecule has 2 heterocycles. The van der Waals surface area contributed by atoms with E-state index in [4.69, 9.17) is 4.74 Å². The molecule has 1 aromatic rings. The lowest BCUT2D eigenvalue weighted by Gasteiger charge is -2.27. The van der Waals surface area contributed by atoms with Crippen LogP contribution in [0.1, 0.15) is 6.42 Å². The molecular formula is C12H18N4O5S. The molecule has 1 aliphatic rings. The lowest BCUT2D eigenvalue weighted by molar-refractivity contribution is 0.140. The third-order valence-corrected chi connectivity index (χ3v) is 5.11. The minimum atomic E-state index is -3.10. The molecule has 1 aromatic heterocycles. The average molecular weight is 330 g/mol. The highest BCUT2D eigenvalue weighted by atomic mass is 32.2. The minimum absolute atomic E-state index is 0.0524. The summed E-state index contributed by atoms with van der Waals surface area (Å²) in [6.07, 6.45) is 0.401. The third-order valence-electron chi connectivity index (χ3n) is 3.36. The fourth-order valence-corrected chi connectivity index (χ4v) is 3.99.